The first-order valence-corrected chi connectivity index (χ1v) is 8.19. The molecule has 1 saturated carbocycles. The van der Waals surface area contributed by atoms with E-state index in [1.165, 1.54) is 50.3 Å². The van der Waals surface area contributed by atoms with Gasteiger partial charge in [-0.05, 0) is 37.0 Å². The van der Waals surface area contributed by atoms with Gasteiger partial charge in [-0.2, -0.15) is 0 Å². The number of phenols is 1. The molecule has 0 aromatic heterocycles. The first kappa shape index (κ1) is 20.5. The van der Waals surface area contributed by atoms with E-state index in [9.17, 15) is 9.50 Å². The van der Waals surface area contributed by atoms with Gasteiger partial charge in [0.15, 0.2) is 0 Å². The molecule has 1 aliphatic heterocycles. The van der Waals surface area contributed by atoms with Crippen molar-refractivity contribution in [2.24, 2.45) is 5.92 Å². The number of rotatable bonds is 3. The molecule has 1 aliphatic carbocycles. The largest absolute Gasteiger partial charge is 0.508 e. The van der Waals surface area contributed by atoms with E-state index in [1.807, 2.05) is 0 Å². The highest BCUT2D eigenvalue weighted by Crippen LogP contribution is 2.41. The number of nitrogens with one attached hydrogen (secondary N) is 1. The van der Waals surface area contributed by atoms with Crippen LogP contribution in [0.3, 0.4) is 0 Å². The zero-order valence-electron chi connectivity index (χ0n) is 13.3. The molecule has 3 nitrogen and oxygen atoms in total. The highest BCUT2D eigenvalue weighted by Gasteiger charge is 2.32. The molecule has 1 aromatic rings. The summed E-state index contributed by atoms with van der Waals surface area (Å²) in [4.78, 5) is 2.43. The number of hydrogen-bond acceptors (Lipinski definition) is 3. The fourth-order valence-electron chi connectivity index (χ4n) is 3.92. The summed E-state index contributed by atoms with van der Waals surface area (Å²) < 4.78 is 13.7. The molecule has 1 saturated heterocycles. The van der Waals surface area contributed by atoms with E-state index in [2.05, 4.69) is 10.2 Å². The second-order valence-electron chi connectivity index (χ2n) is 6.33. The fourth-order valence-corrected chi connectivity index (χ4v) is 3.92. The van der Waals surface area contributed by atoms with Crippen LogP contribution in [0, 0.1) is 11.7 Å². The molecule has 1 heterocycles. The van der Waals surface area contributed by atoms with Crippen molar-refractivity contribution in [3.05, 3.63) is 29.6 Å². The van der Waals surface area contributed by atoms with Crippen LogP contribution < -0.4 is 5.32 Å². The number of aromatic hydroxyl groups is 1. The first-order valence-electron chi connectivity index (χ1n) is 8.19. The normalized spacial score (nSPS) is 21.1. The van der Waals surface area contributed by atoms with Crippen molar-refractivity contribution in [2.75, 3.05) is 26.2 Å². The lowest BCUT2D eigenvalue weighted by atomic mass is 9.80. The van der Waals surface area contributed by atoms with Crippen molar-refractivity contribution in [3.8, 4) is 5.75 Å². The van der Waals surface area contributed by atoms with Crippen LogP contribution in [-0.2, 0) is 0 Å². The Balaban J connectivity index is 0.00000132. The zero-order chi connectivity index (χ0) is 14.7. The highest BCUT2D eigenvalue weighted by atomic mass is 35.5. The molecule has 0 radical (unpaired) electrons. The molecule has 0 unspecified atom stereocenters. The number of phenolic OH excluding ortho intramolecular Hbond substituents is 1. The molecule has 0 spiro atoms. The number of piperazine rings is 1. The first-order chi connectivity index (χ1) is 10.3. The summed E-state index contributed by atoms with van der Waals surface area (Å²) in [7, 11) is 0. The number of halogens is 3. The third kappa shape index (κ3) is 4.96. The Hall–Kier alpha value is -0.550. The van der Waals surface area contributed by atoms with Gasteiger partial charge in [0.2, 0.25) is 0 Å². The Morgan fingerprint density at radius 3 is 2.39 bits per heavy atom. The molecule has 2 fully saturated rings. The minimum Gasteiger partial charge on any atom is -0.508 e. The Kier molecular flexibility index (Phi) is 8.62. The number of benzene rings is 1. The van der Waals surface area contributed by atoms with Crippen molar-refractivity contribution >= 4 is 24.8 Å². The van der Waals surface area contributed by atoms with Gasteiger partial charge in [0.1, 0.15) is 11.6 Å². The molecule has 3 rings (SSSR count). The summed E-state index contributed by atoms with van der Waals surface area (Å²) in [5.41, 5.74) is 0.781. The predicted molar refractivity (Wildman–Crippen MR) is 96.3 cm³/mol. The van der Waals surface area contributed by atoms with Gasteiger partial charge < -0.3 is 10.4 Å². The van der Waals surface area contributed by atoms with E-state index in [4.69, 9.17) is 0 Å². The molecule has 0 amide bonds. The lowest BCUT2D eigenvalue weighted by molar-refractivity contribution is 0.101. The van der Waals surface area contributed by atoms with Crippen LogP contribution in [0.5, 0.6) is 5.75 Å². The Bertz CT molecular complexity index is 460. The fraction of sp³-hybridized carbons (Fsp3) is 0.647. The Morgan fingerprint density at radius 1 is 1.09 bits per heavy atom. The summed E-state index contributed by atoms with van der Waals surface area (Å²) in [6.07, 6.45) is 6.18. The average Bonchev–Trinajstić information content (AvgIpc) is 2.53. The third-order valence-corrected chi connectivity index (χ3v) is 4.95. The second kappa shape index (κ2) is 9.67. The summed E-state index contributed by atoms with van der Waals surface area (Å²) in [6.45, 7) is 3.88. The second-order valence-corrected chi connectivity index (χ2v) is 6.33. The molecule has 2 aliphatic rings. The molecule has 0 bridgehead atoms. The SMILES string of the molecule is Cl.Cl.Oc1ccc(F)cc1[C@@H](C1CCCCC1)N1CCNCC1. The highest BCUT2D eigenvalue weighted by molar-refractivity contribution is 5.85. The lowest BCUT2D eigenvalue weighted by Crippen LogP contribution is -2.47. The maximum atomic E-state index is 13.7. The minimum absolute atomic E-state index is 0. The predicted octanol–water partition coefficient (Wildman–Crippen LogP) is 3.90. The molecular formula is C17H27Cl2FN2O. The van der Waals surface area contributed by atoms with Crippen molar-refractivity contribution in [1.82, 2.24) is 10.2 Å². The van der Waals surface area contributed by atoms with Crippen LogP contribution in [0.4, 0.5) is 4.39 Å². The van der Waals surface area contributed by atoms with Crippen LogP contribution >= 0.6 is 24.8 Å². The van der Waals surface area contributed by atoms with Gasteiger partial charge in [-0.3, -0.25) is 4.90 Å². The van der Waals surface area contributed by atoms with Gasteiger partial charge in [-0.25, -0.2) is 4.39 Å². The van der Waals surface area contributed by atoms with Gasteiger partial charge in [0.05, 0.1) is 0 Å². The molecule has 6 heteroatoms. The van der Waals surface area contributed by atoms with Crippen molar-refractivity contribution in [3.63, 3.8) is 0 Å². The van der Waals surface area contributed by atoms with E-state index in [0.717, 1.165) is 31.7 Å². The standard InChI is InChI=1S/C17H25FN2O.2ClH/c18-14-6-7-16(21)15(12-14)17(13-4-2-1-3-5-13)20-10-8-19-9-11-20;;/h6-7,12-13,17,19,21H,1-5,8-11H2;2*1H/t17-;;/m1../s1. The zero-order valence-corrected chi connectivity index (χ0v) is 15.0. The van der Waals surface area contributed by atoms with Crippen LogP contribution in [-0.4, -0.2) is 36.2 Å². The average molecular weight is 365 g/mol. The topological polar surface area (TPSA) is 35.5 Å². The summed E-state index contributed by atoms with van der Waals surface area (Å²) in [5.74, 6) is 0.522. The number of nitrogens with zero attached hydrogens (tertiary/aromatic N) is 1. The molecule has 2 N–H and O–H groups in total. The van der Waals surface area contributed by atoms with Crippen molar-refractivity contribution in [2.45, 2.75) is 38.1 Å². The van der Waals surface area contributed by atoms with Crippen molar-refractivity contribution in [1.29, 1.82) is 0 Å². The lowest BCUT2D eigenvalue weighted by Gasteiger charge is -2.41. The minimum atomic E-state index is -0.251. The molecule has 23 heavy (non-hydrogen) atoms. The third-order valence-electron chi connectivity index (χ3n) is 4.95. The smallest absolute Gasteiger partial charge is 0.123 e. The quantitative estimate of drug-likeness (QED) is 0.853. The van der Waals surface area contributed by atoms with E-state index in [-0.39, 0.29) is 42.4 Å². The van der Waals surface area contributed by atoms with Crippen LogP contribution in [0.2, 0.25) is 0 Å². The van der Waals surface area contributed by atoms with Gasteiger partial charge in [-0.1, -0.05) is 19.3 Å². The number of hydrogen-bond donors (Lipinski definition) is 2. The summed E-state index contributed by atoms with van der Waals surface area (Å²) in [5, 5.41) is 13.6. The summed E-state index contributed by atoms with van der Waals surface area (Å²) in [6, 6.07) is 4.54. The van der Waals surface area contributed by atoms with Crippen LogP contribution in [0.1, 0.15) is 43.7 Å². The van der Waals surface area contributed by atoms with Crippen LogP contribution in [0.15, 0.2) is 18.2 Å². The van der Waals surface area contributed by atoms with Crippen LogP contribution in [0.25, 0.3) is 0 Å². The van der Waals surface area contributed by atoms with Gasteiger partial charge in [0.25, 0.3) is 0 Å². The van der Waals surface area contributed by atoms with E-state index >= 15 is 0 Å². The van der Waals surface area contributed by atoms with Crippen molar-refractivity contribution < 1.29 is 9.50 Å². The molecule has 1 atom stereocenters. The van der Waals surface area contributed by atoms with E-state index < -0.39 is 0 Å². The van der Waals surface area contributed by atoms with Gasteiger partial charge in [0, 0.05) is 37.8 Å². The Morgan fingerprint density at radius 2 is 1.74 bits per heavy atom. The summed E-state index contributed by atoms with van der Waals surface area (Å²) >= 11 is 0. The van der Waals surface area contributed by atoms with E-state index in [1.54, 1.807) is 0 Å². The van der Waals surface area contributed by atoms with E-state index in [0.29, 0.717) is 5.92 Å². The maximum Gasteiger partial charge on any atom is 0.123 e. The molecule has 132 valence electrons. The van der Waals surface area contributed by atoms with Gasteiger partial charge >= 0.3 is 0 Å². The maximum absolute atomic E-state index is 13.7. The monoisotopic (exact) mass is 364 g/mol. The molecular weight excluding hydrogens is 338 g/mol. The van der Waals surface area contributed by atoms with Gasteiger partial charge in [-0.15, -0.1) is 24.8 Å². The molecule has 1 aromatic carbocycles. The Labute approximate surface area is 150 Å².